The van der Waals surface area contributed by atoms with Gasteiger partial charge in [0.2, 0.25) is 5.89 Å². The zero-order valence-electron chi connectivity index (χ0n) is 10.6. The fourth-order valence-corrected chi connectivity index (χ4v) is 2.86. The van der Waals surface area contributed by atoms with Crippen molar-refractivity contribution < 1.29 is 4.52 Å². The molecule has 5 heteroatoms. The molecule has 0 amide bonds. The van der Waals surface area contributed by atoms with Gasteiger partial charge in [0.05, 0.1) is 0 Å². The highest BCUT2D eigenvalue weighted by molar-refractivity contribution is 9.10. The maximum absolute atomic E-state index is 5.32. The summed E-state index contributed by atoms with van der Waals surface area (Å²) in [6.07, 6.45) is 3.99. The molecule has 0 bridgehead atoms. The largest absolute Gasteiger partial charge is 0.339 e. The van der Waals surface area contributed by atoms with E-state index in [1.54, 1.807) is 0 Å². The fraction of sp³-hybridized carbons (Fsp3) is 0.429. The first-order chi connectivity index (χ1) is 9.29. The summed E-state index contributed by atoms with van der Waals surface area (Å²) >= 11 is 3.47. The molecule has 1 aliphatic heterocycles. The molecule has 1 aliphatic rings. The number of halogens is 1. The molecule has 1 unspecified atom stereocenters. The highest BCUT2D eigenvalue weighted by Gasteiger charge is 2.18. The number of hydrogen-bond donors (Lipinski definition) is 1. The average molecular weight is 322 g/mol. The lowest BCUT2D eigenvalue weighted by atomic mass is 10.1. The second kappa shape index (κ2) is 5.84. The van der Waals surface area contributed by atoms with Crippen LogP contribution in [0.1, 0.15) is 30.1 Å². The molecule has 1 aromatic heterocycles. The lowest BCUT2D eigenvalue weighted by Crippen LogP contribution is -2.23. The first-order valence-corrected chi connectivity index (χ1v) is 7.38. The van der Waals surface area contributed by atoms with E-state index in [0.717, 1.165) is 29.2 Å². The smallest absolute Gasteiger partial charge is 0.228 e. The van der Waals surface area contributed by atoms with Crippen molar-refractivity contribution in [2.45, 2.75) is 31.7 Å². The topological polar surface area (TPSA) is 51.0 Å². The van der Waals surface area contributed by atoms with E-state index in [2.05, 4.69) is 43.5 Å². The summed E-state index contributed by atoms with van der Waals surface area (Å²) in [5, 5.41) is 7.49. The number of rotatable bonds is 4. The molecular formula is C14H16BrN3O. The van der Waals surface area contributed by atoms with Crippen molar-refractivity contribution in [3.63, 3.8) is 0 Å². The molecule has 3 rings (SSSR count). The van der Waals surface area contributed by atoms with Crippen LogP contribution in [0.25, 0.3) is 0 Å². The van der Waals surface area contributed by atoms with Gasteiger partial charge in [0, 0.05) is 23.4 Å². The van der Waals surface area contributed by atoms with Crippen molar-refractivity contribution in [3.05, 3.63) is 46.0 Å². The van der Waals surface area contributed by atoms with Gasteiger partial charge in [0.15, 0.2) is 5.82 Å². The highest BCUT2D eigenvalue weighted by Crippen LogP contribution is 2.15. The minimum Gasteiger partial charge on any atom is -0.339 e. The van der Waals surface area contributed by atoms with Crippen LogP contribution >= 0.6 is 15.9 Å². The van der Waals surface area contributed by atoms with Gasteiger partial charge in [-0.3, -0.25) is 0 Å². The summed E-state index contributed by atoms with van der Waals surface area (Å²) in [6, 6.07) is 8.67. The van der Waals surface area contributed by atoms with Gasteiger partial charge in [-0.1, -0.05) is 33.2 Å². The molecular weight excluding hydrogens is 306 g/mol. The molecule has 0 radical (unpaired) electrons. The number of nitrogens with zero attached hydrogens (tertiary/aromatic N) is 2. The lowest BCUT2D eigenvalue weighted by molar-refractivity contribution is 0.360. The third-order valence-electron chi connectivity index (χ3n) is 3.34. The van der Waals surface area contributed by atoms with E-state index in [4.69, 9.17) is 4.52 Å². The van der Waals surface area contributed by atoms with Crippen LogP contribution in [-0.2, 0) is 12.8 Å². The number of aromatic nitrogens is 2. The zero-order chi connectivity index (χ0) is 13.1. The first-order valence-electron chi connectivity index (χ1n) is 6.59. The van der Waals surface area contributed by atoms with Crippen LogP contribution in [0.3, 0.4) is 0 Å². The summed E-state index contributed by atoms with van der Waals surface area (Å²) in [6.45, 7) is 1.10. The summed E-state index contributed by atoms with van der Waals surface area (Å²) in [7, 11) is 0. The molecule has 19 heavy (non-hydrogen) atoms. The second-order valence-corrected chi connectivity index (χ2v) is 5.82. The molecule has 1 atom stereocenters. The van der Waals surface area contributed by atoms with Gasteiger partial charge in [-0.15, -0.1) is 0 Å². The minimum absolute atomic E-state index is 0.499. The molecule has 2 heterocycles. The Morgan fingerprint density at radius 2 is 2.37 bits per heavy atom. The predicted octanol–water partition coefficient (Wildman–Crippen LogP) is 2.72. The maximum atomic E-state index is 5.32. The molecule has 1 aromatic carbocycles. The Balaban J connectivity index is 1.64. The van der Waals surface area contributed by atoms with Crippen LogP contribution in [0.15, 0.2) is 33.3 Å². The quantitative estimate of drug-likeness (QED) is 0.940. The van der Waals surface area contributed by atoms with Gasteiger partial charge < -0.3 is 9.84 Å². The van der Waals surface area contributed by atoms with Crippen LogP contribution in [0, 0.1) is 0 Å². The fourth-order valence-electron chi connectivity index (χ4n) is 2.42. The molecule has 2 aromatic rings. The standard InChI is InChI=1S/C14H16BrN3O/c15-11-4-1-3-10(7-11)8-13-17-14(19-18-13)9-12-5-2-6-16-12/h1,3-4,7,12,16H,2,5-6,8-9H2. The molecule has 1 saturated heterocycles. The summed E-state index contributed by atoms with van der Waals surface area (Å²) in [4.78, 5) is 4.47. The van der Waals surface area contributed by atoms with E-state index in [1.807, 2.05) is 12.1 Å². The van der Waals surface area contributed by atoms with Crippen molar-refractivity contribution in [1.29, 1.82) is 0 Å². The number of hydrogen-bond acceptors (Lipinski definition) is 4. The van der Waals surface area contributed by atoms with Gasteiger partial charge in [-0.25, -0.2) is 0 Å². The van der Waals surface area contributed by atoms with Crippen molar-refractivity contribution in [2.24, 2.45) is 0 Å². The Labute approximate surface area is 120 Å². The second-order valence-electron chi connectivity index (χ2n) is 4.91. The summed E-state index contributed by atoms with van der Waals surface area (Å²) < 4.78 is 6.39. The Morgan fingerprint density at radius 3 is 3.16 bits per heavy atom. The molecule has 0 spiro atoms. The summed E-state index contributed by atoms with van der Waals surface area (Å²) in [5.41, 5.74) is 1.18. The third-order valence-corrected chi connectivity index (χ3v) is 3.84. The molecule has 4 nitrogen and oxygen atoms in total. The zero-order valence-corrected chi connectivity index (χ0v) is 12.2. The van der Waals surface area contributed by atoms with Crippen LogP contribution in [0.4, 0.5) is 0 Å². The van der Waals surface area contributed by atoms with E-state index in [1.165, 1.54) is 18.4 Å². The number of benzene rings is 1. The molecule has 1 N–H and O–H groups in total. The molecule has 100 valence electrons. The molecule has 0 aliphatic carbocycles. The van der Waals surface area contributed by atoms with Gasteiger partial charge in [0.1, 0.15) is 0 Å². The minimum atomic E-state index is 0.499. The van der Waals surface area contributed by atoms with Crippen LogP contribution in [0.5, 0.6) is 0 Å². The van der Waals surface area contributed by atoms with E-state index in [-0.39, 0.29) is 0 Å². The van der Waals surface area contributed by atoms with Gasteiger partial charge in [-0.2, -0.15) is 4.98 Å². The normalized spacial score (nSPS) is 18.9. The van der Waals surface area contributed by atoms with Crippen molar-refractivity contribution in [2.75, 3.05) is 6.54 Å². The van der Waals surface area contributed by atoms with Crippen molar-refractivity contribution in [1.82, 2.24) is 15.5 Å². The van der Waals surface area contributed by atoms with Gasteiger partial charge in [-0.05, 0) is 37.1 Å². The highest BCUT2D eigenvalue weighted by atomic mass is 79.9. The SMILES string of the molecule is Brc1cccc(Cc2noc(CC3CCCN3)n2)c1. The van der Waals surface area contributed by atoms with Crippen LogP contribution in [-0.4, -0.2) is 22.7 Å². The predicted molar refractivity (Wildman–Crippen MR) is 76.0 cm³/mol. The van der Waals surface area contributed by atoms with Crippen LogP contribution in [0.2, 0.25) is 0 Å². The van der Waals surface area contributed by atoms with Gasteiger partial charge >= 0.3 is 0 Å². The Morgan fingerprint density at radius 1 is 1.42 bits per heavy atom. The molecule has 1 fully saturated rings. The van der Waals surface area contributed by atoms with E-state index < -0.39 is 0 Å². The Hall–Kier alpha value is -1.20. The Bertz CT molecular complexity index is 549. The van der Waals surface area contributed by atoms with Crippen molar-refractivity contribution in [3.8, 4) is 0 Å². The monoisotopic (exact) mass is 321 g/mol. The average Bonchev–Trinajstić information content (AvgIpc) is 3.02. The van der Waals surface area contributed by atoms with E-state index in [0.29, 0.717) is 12.5 Å². The van der Waals surface area contributed by atoms with Crippen LogP contribution < -0.4 is 5.32 Å². The third kappa shape index (κ3) is 3.42. The lowest BCUT2D eigenvalue weighted by Gasteiger charge is -2.04. The number of nitrogens with one attached hydrogen (secondary N) is 1. The Kier molecular flexibility index (Phi) is 3.94. The summed E-state index contributed by atoms with van der Waals surface area (Å²) in [5.74, 6) is 1.50. The van der Waals surface area contributed by atoms with E-state index in [9.17, 15) is 0 Å². The van der Waals surface area contributed by atoms with Gasteiger partial charge in [0.25, 0.3) is 0 Å². The van der Waals surface area contributed by atoms with E-state index >= 15 is 0 Å². The van der Waals surface area contributed by atoms with Crippen molar-refractivity contribution >= 4 is 15.9 Å². The molecule has 0 saturated carbocycles. The maximum Gasteiger partial charge on any atom is 0.228 e. The first kappa shape index (κ1) is 12.8.